The zero-order valence-electron chi connectivity index (χ0n) is 39.8. The zero-order valence-corrected chi connectivity index (χ0v) is 42.4. The van der Waals surface area contributed by atoms with Gasteiger partial charge >= 0.3 is 26.6 Å². The van der Waals surface area contributed by atoms with Gasteiger partial charge in [-0.1, -0.05) is 36.4 Å². The number of anilines is 2. The van der Waals surface area contributed by atoms with Gasteiger partial charge in [0.25, 0.3) is 0 Å². The van der Waals surface area contributed by atoms with Gasteiger partial charge in [0, 0.05) is 11.2 Å². The molecule has 2 fully saturated rings. The van der Waals surface area contributed by atoms with Gasteiger partial charge in [0.2, 0.25) is 0 Å². The topological polar surface area (TPSA) is 397 Å². The van der Waals surface area contributed by atoms with Crippen LogP contribution in [0.25, 0.3) is 22.3 Å². The van der Waals surface area contributed by atoms with E-state index in [4.69, 9.17) is 45.8 Å². The van der Waals surface area contributed by atoms with Crippen LogP contribution < -0.4 is 30.7 Å². The van der Waals surface area contributed by atoms with E-state index in [1.165, 1.54) is 76.4 Å². The molecule has 6 heterocycles. The number of imidazole rings is 2. The molecule has 2 aliphatic rings. The molecule has 8 rings (SSSR count). The number of carbonyl (C=O) groups is 2. The van der Waals surface area contributed by atoms with Crippen molar-refractivity contribution >= 4 is 71.8 Å². The van der Waals surface area contributed by atoms with Crippen LogP contribution in [0.3, 0.4) is 0 Å². The van der Waals surface area contributed by atoms with Crippen LogP contribution >= 0.6 is 25.9 Å². The smallest absolute Gasteiger partial charge is 0.459 e. The highest BCUT2D eigenvalue weighted by molar-refractivity contribution is 7.84. The van der Waals surface area contributed by atoms with Gasteiger partial charge in [0.1, 0.15) is 82.9 Å². The summed E-state index contributed by atoms with van der Waals surface area (Å²) in [5.74, 6) is -0.334. The van der Waals surface area contributed by atoms with Crippen LogP contribution in [0.2, 0.25) is 0 Å². The summed E-state index contributed by atoms with van der Waals surface area (Å²) in [6, 6.07) is 14.8. The monoisotopic (exact) mass is 1080 g/mol. The third kappa shape index (κ3) is 13.0. The molecule has 28 nitrogen and oxygen atoms in total. The maximum atomic E-state index is 13.6. The summed E-state index contributed by atoms with van der Waals surface area (Å²) in [4.78, 5) is 47.2. The van der Waals surface area contributed by atoms with E-state index in [1.54, 1.807) is 60.7 Å². The van der Waals surface area contributed by atoms with Gasteiger partial charge in [-0.15, -0.1) is 0 Å². The third-order valence-corrected chi connectivity index (χ3v) is 14.4. The number of aromatic nitrogens is 8. The van der Waals surface area contributed by atoms with Crippen molar-refractivity contribution in [1.82, 2.24) is 49.2 Å². The van der Waals surface area contributed by atoms with Gasteiger partial charge in [0.05, 0.1) is 40.1 Å². The Balaban J connectivity index is 0.000000198. The molecule has 0 spiro atoms. The van der Waals surface area contributed by atoms with Crippen molar-refractivity contribution in [1.29, 1.82) is 0 Å². The number of carbonyl (C=O) groups excluding carboxylic acids is 2. The lowest BCUT2D eigenvalue weighted by Crippen LogP contribution is -2.44. The van der Waals surface area contributed by atoms with Crippen LogP contribution in [0.4, 0.5) is 11.6 Å². The summed E-state index contributed by atoms with van der Waals surface area (Å²) in [5, 5.41) is 56.4. The second kappa shape index (κ2) is 23.5. The molecule has 0 aliphatic carbocycles. The Bertz CT molecular complexity index is 2920. The Labute approximate surface area is 420 Å². The normalized spacial score (nSPS) is 26.0. The van der Waals surface area contributed by atoms with E-state index >= 15 is 0 Å². The molecule has 4 aromatic heterocycles. The minimum atomic E-state index is -4.19. The quantitative estimate of drug-likeness (QED) is 0.0492. The van der Waals surface area contributed by atoms with Crippen LogP contribution in [0, 0.1) is 0 Å². The number of benzene rings is 2. The van der Waals surface area contributed by atoms with E-state index in [0.29, 0.717) is 22.4 Å². The highest BCUT2D eigenvalue weighted by Gasteiger charge is 2.55. The molecule has 6 aromatic rings. The average Bonchev–Trinajstić information content (AvgIpc) is 4.10. The summed E-state index contributed by atoms with van der Waals surface area (Å²) in [7, 11) is -1.77. The molecule has 0 saturated carbocycles. The number of hydrogen-bond donors (Lipinski definition) is 9. The van der Waals surface area contributed by atoms with Crippen molar-refractivity contribution in [3.05, 3.63) is 86.0 Å². The van der Waals surface area contributed by atoms with E-state index in [1.807, 2.05) is 0 Å². The number of aliphatic hydroxyl groups is 5. The molecule has 73 heavy (non-hydrogen) atoms. The first-order valence-electron chi connectivity index (χ1n) is 21.8. The highest BCUT2D eigenvalue weighted by Crippen LogP contribution is 2.49. The van der Waals surface area contributed by atoms with Crippen LogP contribution in [-0.4, -0.2) is 152 Å². The SMILES string of the molecule is COC(=O)[C@H](C)NP(=O)(Cl)Oc1ccccc1.COC(=O)[C@H](C)NP(=O)(OC[C@H]1O[C@@H](n2cnc3c(N)ncnc32)[C@](C)(O)[C@@H]1O)Oc1ccccc1.C[C@@]1(O)[C@H](O)[C@@H](CO)O[C@H]1n1cnc2c(N)ncnc21. The largest absolute Gasteiger partial charge is 0.468 e. The molecule has 0 bridgehead atoms. The first-order chi connectivity index (χ1) is 34.5. The minimum absolute atomic E-state index is 0.140. The number of methoxy groups -OCH3 is 2. The molecule has 2 saturated heterocycles. The lowest BCUT2D eigenvalue weighted by molar-refractivity contribution is -0.143. The van der Waals surface area contributed by atoms with Gasteiger partial charge < -0.3 is 65.0 Å². The van der Waals surface area contributed by atoms with Crippen LogP contribution in [0.15, 0.2) is 86.0 Å². The number of esters is 2. The molecule has 11 N–H and O–H groups in total. The van der Waals surface area contributed by atoms with Gasteiger partial charge in [-0.2, -0.15) is 5.09 Å². The maximum Gasteiger partial charge on any atom is 0.459 e. The Hall–Kier alpha value is -5.97. The standard InChI is InChI=1S/C21H27N6O8P.C11H15N5O4.C10H13ClNO4P/c1-12(19(29)32-3)26-36(31,35-13-7-5-4-6-8-13)33-9-14-16(28)21(2,30)20(34-14)27-11-25-15-17(22)23-10-24-18(15)27;1-11(19)7(18)5(2-17)20-10(11)16-4-15-6-8(12)13-3-14-9(6)16;1-8(10(13)15-2)12-17(11,14)16-9-6-4-3-5-7-9/h4-8,10-12,14,16,20,28,30H,9H2,1-3H3,(H,26,31)(H2,22,23,24);3-5,7,10,17-19H,2H2,1H3,(H2,12,13,14);3-8H,1-2H3,(H,12,14)/t12-,14+,16+,20+,21+,36?;5-,7-,10-,11-;8-,17?/m010/s1. The van der Waals surface area contributed by atoms with Gasteiger partial charge in [-0.3, -0.25) is 23.2 Å². The van der Waals surface area contributed by atoms with E-state index in [9.17, 15) is 44.3 Å². The predicted molar refractivity (Wildman–Crippen MR) is 258 cm³/mol. The minimum Gasteiger partial charge on any atom is -0.468 e. The van der Waals surface area contributed by atoms with Crippen LogP contribution in [0.5, 0.6) is 11.5 Å². The van der Waals surface area contributed by atoms with Crippen molar-refractivity contribution in [3.63, 3.8) is 0 Å². The highest BCUT2D eigenvalue weighted by atomic mass is 35.7. The fourth-order valence-corrected chi connectivity index (χ4v) is 10.5. The summed E-state index contributed by atoms with van der Waals surface area (Å²) < 4.78 is 65.0. The second-order valence-corrected chi connectivity index (χ2v) is 21.0. The van der Waals surface area contributed by atoms with E-state index < -0.39 is 99.9 Å². The third-order valence-electron chi connectivity index (χ3n) is 11.1. The van der Waals surface area contributed by atoms with E-state index in [-0.39, 0.29) is 23.0 Å². The lowest BCUT2D eigenvalue weighted by Gasteiger charge is -2.27. The number of nitrogens with two attached hydrogens (primary N) is 2. The Morgan fingerprint density at radius 1 is 0.726 bits per heavy atom. The van der Waals surface area contributed by atoms with Crippen molar-refractivity contribution in [2.45, 2.75) is 87.9 Å². The summed E-state index contributed by atoms with van der Waals surface area (Å²) in [6.45, 7) is 1.21. The van der Waals surface area contributed by atoms with Crippen LogP contribution in [0.1, 0.15) is 40.2 Å². The molecule has 396 valence electrons. The number of halogens is 1. The molecular weight excluding hydrogens is 1030 g/mol. The number of fused-ring (bicyclic) bond motifs is 2. The molecule has 12 atom stereocenters. The van der Waals surface area contributed by atoms with Crippen molar-refractivity contribution in [2.24, 2.45) is 0 Å². The fourth-order valence-electron chi connectivity index (χ4n) is 7.30. The molecule has 0 amide bonds. The lowest BCUT2D eigenvalue weighted by atomic mass is 9.96. The maximum absolute atomic E-state index is 13.6. The summed E-state index contributed by atoms with van der Waals surface area (Å²) in [6.07, 6.45) is -1.53. The number of ether oxygens (including phenoxy) is 4. The van der Waals surface area contributed by atoms with Gasteiger partial charge in [0.15, 0.2) is 35.4 Å². The summed E-state index contributed by atoms with van der Waals surface area (Å²) >= 11 is 5.68. The van der Waals surface area contributed by atoms with Crippen molar-refractivity contribution < 1.29 is 76.8 Å². The molecular formula is C42H55ClN12O16P2. The van der Waals surface area contributed by atoms with E-state index in [0.717, 1.165) is 0 Å². The molecule has 2 unspecified atom stereocenters. The number of hydrogen-bond acceptors (Lipinski definition) is 24. The summed E-state index contributed by atoms with van der Waals surface area (Å²) in [5.41, 5.74) is 9.47. The number of nitrogens with zero attached hydrogens (tertiary/aromatic N) is 8. The predicted octanol–water partition coefficient (Wildman–Crippen LogP) is 1.75. The molecule has 2 aliphatic heterocycles. The molecule has 2 aromatic carbocycles. The van der Waals surface area contributed by atoms with Crippen molar-refractivity contribution in [3.8, 4) is 11.5 Å². The first kappa shape index (κ1) is 56.3. The molecule has 31 heteroatoms. The first-order valence-corrected chi connectivity index (χ1v) is 25.9. The van der Waals surface area contributed by atoms with Crippen LogP contribution in [-0.2, 0) is 42.2 Å². The number of aliphatic hydroxyl groups excluding tert-OH is 3. The second-order valence-electron chi connectivity index (χ2n) is 16.6. The fraction of sp³-hybridized carbons (Fsp3) is 0.429. The number of rotatable bonds is 16. The average molecular weight is 1080 g/mol. The number of nitrogen functional groups attached to an aromatic ring is 2. The van der Waals surface area contributed by atoms with E-state index in [2.05, 4.69) is 49.6 Å². The number of nitrogens with one attached hydrogen (secondary N) is 2. The van der Waals surface area contributed by atoms with Gasteiger partial charge in [-0.05, 0) is 52.0 Å². The van der Waals surface area contributed by atoms with Crippen molar-refractivity contribution in [2.75, 3.05) is 38.9 Å². The number of para-hydroxylation sites is 2. The van der Waals surface area contributed by atoms with Gasteiger partial charge in [-0.25, -0.2) is 44.1 Å². The zero-order chi connectivity index (χ0) is 53.5. The Morgan fingerprint density at radius 3 is 1.59 bits per heavy atom. The molecule has 0 radical (unpaired) electrons. The Morgan fingerprint density at radius 2 is 1.15 bits per heavy atom. The Kier molecular flexibility index (Phi) is 18.1.